The van der Waals surface area contributed by atoms with Crippen molar-refractivity contribution in [2.75, 3.05) is 32.2 Å². The summed E-state index contributed by atoms with van der Waals surface area (Å²) in [4.78, 5) is 20.2. The number of anilines is 1. The van der Waals surface area contributed by atoms with Crippen LogP contribution in [0.5, 0.6) is 0 Å². The molecule has 8 heteroatoms. The second-order valence-electron chi connectivity index (χ2n) is 11.5. The molecule has 1 aromatic carbocycles. The molecule has 1 aliphatic heterocycles. The highest BCUT2D eigenvalue weighted by Crippen LogP contribution is 2.42. The lowest BCUT2D eigenvalue weighted by Crippen LogP contribution is -2.50. The zero-order valence-corrected chi connectivity index (χ0v) is 23.5. The van der Waals surface area contributed by atoms with Gasteiger partial charge < -0.3 is 14.4 Å². The van der Waals surface area contributed by atoms with Crippen molar-refractivity contribution in [2.45, 2.75) is 82.1 Å². The molecule has 1 saturated heterocycles. The molecule has 0 unspecified atom stereocenters. The minimum atomic E-state index is -0.0733. The summed E-state index contributed by atoms with van der Waals surface area (Å²) < 4.78 is 13.1. The summed E-state index contributed by atoms with van der Waals surface area (Å²) in [6, 6.07) is 8.86. The molecule has 3 aliphatic rings. The average molecular weight is 537 g/mol. The number of benzene rings is 1. The van der Waals surface area contributed by atoms with Crippen molar-refractivity contribution >= 4 is 28.0 Å². The Balaban J connectivity index is 1.08. The number of carbonyl (C=O) groups is 1. The van der Waals surface area contributed by atoms with Crippen LogP contribution in [-0.2, 0) is 14.3 Å². The molecule has 0 amide bonds. The van der Waals surface area contributed by atoms with Crippen LogP contribution in [0.3, 0.4) is 0 Å². The van der Waals surface area contributed by atoms with E-state index in [1.807, 2.05) is 17.8 Å². The fourth-order valence-corrected chi connectivity index (χ4v) is 8.21. The van der Waals surface area contributed by atoms with Gasteiger partial charge in [-0.25, -0.2) is 9.50 Å². The van der Waals surface area contributed by atoms with Crippen molar-refractivity contribution in [1.29, 1.82) is 0 Å². The minimum Gasteiger partial charge on any atom is -0.469 e. The Morgan fingerprint density at radius 2 is 1.68 bits per heavy atom. The van der Waals surface area contributed by atoms with Gasteiger partial charge >= 0.3 is 5.97 Å². The fourth-order valence-electron chi connectivity index (χ4n) is 7.16. The van der Waals surface area contributed by atoms with Crippen LogP contribution in [-0.4, -0.2) is 53.5 Å². The molecule has 2 saturated carbocycles. The topological polar surface area (TPSA) is 69.0 Å². The molecule has 3 fully saturated rings. The van der Waals surface area contributed by atoms with E-state index in [2.05, 4.69) is 29.2 Å². The van der Waals surface area contributed by atoms with Gasteiger partial charge in [-0.15, -0.1) is 0 Å². The highest BCUT2D eigenvalue weighted by Gasteiger charge is 2.42. The maximum Gasteiger partial charge on any atom is 0.308 e. The molecule has 6 rings (SSSR count). The van der Waals surface area contributed by atoms with Crippen LogP contribution >= 0.6 is 11.3 Å². The third-order valence-corrected chi connectivity index (χ3v) is 10.6. The van der Waals surface area contributed by atoms with E-state index in [9.17, 15) is 4.79 Å². The zero-order chi connectivity index (χ0) is 26.1. The number of piperidine rings is 1. The monoisotopic (exact) mass is 536 g/mol. The Morgan fingerprint density at radius 3 is 2.32 bits per heavy atom. The molecular weight excluding hydrogens is 496 g/mol. The van der Waals surface area contributed by atoms with Crippen LogP contribution in [0.4, 0.5) is 5.69 Å². The van der Waals surface area contributed by atoms with Gasteiger partial charge in [-0.1, -0.05) is 42.7 Å². The van der Waals surface area contributed by atoms with Crippen LogP contribution in [0.2, 0.25) is 0 Å². The summed E-state index contributed by atoms with van der Waals surface area (Å²) in [5.41, 5.74) is 3.44. The number of hydrogen-bond acceptors (Lipinski definition) is 7. The molecule has 0 spiro atoms. The number of methoxy groups -OCH3 is 2. The van der Waals surface area contributed by atoms with Gasteiger partial charge in [0.25, 0.3) is 0 Å². The number of rotatable bonds is 6. The highest BCUT2D eigenvalue weighted by molar-refractivity contribution is 7.16. The number of fused-ring (bicyclic) bond motifs is 1. The SMILES string of the molecule is COC(=O)[C@H]1CC[C@H](c2nn3cc(-c4ccc(N5CCC(OC)(C6CCCCC6)CC5)cc4)nc3s2)CC1. The largest absolute Gasteiger partial charge is 0.469 e. The molecule has 204 valence electrons. The molecule has 2 aliphatic carbocycles. The molecular formula is C30H40N4O3S. The molecule has 7 nitrogen and oxygen atoms in total. The molecule has 0 radical (unpaired) electrons. The van der Waals surface area contributed by atoms with Gasteiger partial charge in [0, 0.05) is 37.4 Å². The highest BCUT2D eigenvalue weighted by atomic mass is 32.1. The molecule has 3 aromatic rings. The maximum absolute atomic E-state index is 11.8. The molecule has 0 bridgehead atoms. The molecule has 0 N–H and O–H groups in total. The second-order valence-corrected chi connectivity index (χ2v) is 12.5. The third kappa shape index (κ3) is 4.97. The van der Waals surface area contributed by atoms with E-state index in [1.54, 1.807) is 11.3 Å². The standard InChI is InChI=1S/C30H40N4O3S/c1-36-28(35)23-10-8-22(9-11-23)27-32-34-20-26(31-29(34)38-27)21-12-14-25(15-13-21)33-18-16-30(37-2,17-19-33)24-6-4-3-5-7-24/h12-15,20,22-24H,3-11,16-19H2,1-2H3/t22-,23-. The lowest BCUT2D eigenvalue weighted by molar-refractivity contribution is -0.146. The van der Waals surface area contributed by atoms with Gasteiger partial charge in [-0.3, -0.25) is 4.79 Å². The van der Waals surface area contributed by atoms with E-state index in [-0.39, 0.29) is 17.5 Å². The fraction of sp³-hybridized carbons (Fsp3) is 0.633. The Labute approximate surface area is 229 Å². The van der Waals surface area contributed by atoms with Crippen LogP contribution in [0, 0.1) is 11.8 Å². The Bertz CT molecular complexity index is 1200. The summed E-state index contributed by atoms with van der Waals surface area (Å²) >= 11 is 1.68. The van der Waals surface area contributed by atoms with E-state index in [1.165, 1.54) is 44.9 Å². The van der Waals surface area contributed by atoms with E-state index in [4.69, 9.17) is 19.6 Å². The number of imidazole rings is 1. The summed E-state index contributed by atoms with van der Waals surface area (Å²) in [7, 11) is 3.41. The zero-order valence-electron chi connectivity index (χ0n) is 22.7. The minimum absolute atomic E-state index is 0.0409. The first-order valence-electron chi connectivity index (χ1n) is 14.4. The normalized spacial score (nSPS) is 24.5. The van der Waals surface area contributed by atoms with Crippen LogP contribution < -0.4 is 4.90 Å². The number of hydrogen-bond donors (Lipinski definition) is 0. The first kappa shape index (κ1) is 25.8. The lowest BCUT2D eigenvalue weighted by Gasteiger charge is -2.47. The van der Waals surface area contributed by atoms with Crippen molar-refractivity contribution in [3.8, 4) is 11.3 Å². The van der Waals surface area contributed by atoms with E-state index < -0.39 is 0 Å². The molecule has 2 aromatic heterocycles. The molecule has 3 heterocycles. The van der Waals surface area contributed by atoms with Gasteiger partial charge in [0.2, 0.25) is 4.96 Å². The predicted molar refractivity (Wildman–Crippen MR) is 151 cm³/mol. The van der Waals surface area contributed by atoms with Crippen LogP contribution in [0.1, 0.15) is 81.6 Å². The number of ether oxygens (including phenoxy) is 2. The van der Waals surface area contributed by atoms with Gasteiger partial charge in [0.1, 0.15) is 5.01 Å². The Morgan fingerprint density at radius 1 is 0.974 bits per heavy atom. The van der Waals surface area contributed by atoms with Crippen molar-refractivity contribution in [1.82, 2.24) is 14.6 Å². The van der Waals surface area contributed by atoms with Gasteiger partial charge in [-0.05, 0) is 69.4 Å². The van der Waals surface area contributed by atoms with Crippen molar-refractivity contribution in [2.24, 2.45) is 11.8 Å². The first-order chi connectivity index (χ1) is 18.6. The first-order valence-corrected chi connectivity index (χ1v) is 15.2. The Hall–Kier alpha value is -2.45. The molecule has 0 atom stereocenters. The quantitative estimate of drug-likeness (QED) is 0.336. The van der Waals surface area contributed by atoms with Crippen molar-refractivity contribution in [3.63, 3.8) is 0 Å². The lowest BCUT2D eigenvalue weighted by atomic mass is 9.72. The Kier molecular flexibility index (Phi) is 7.45. The van der Waals surface area contributed by atoms with E-state index in [0.717, 1.165) is 78.8 Å². The second kappa shape index (κ2) is 11.0. The summed E-state index contributed by atoms with van der Waals surface area (Å²) in [6.45, 7) is 2.11. The van der Waals surface area contributed by atoms with E-state index >= 15 is 0 Å². The predicted octanol–water partition coefficient (Wildman–Crippen LogP) is 6.47. The number of carbonyl (C=O) groups excluding carboxylic acids is 1. The maximum atomic E-state index is 11.8. The average Bonchev–Trinajstić information content (AvgIpc) is 3.57. The summed E-state index contributed by atoms with van der Waals surface area (Å²) in [5, 5.41) is 5.99. The van der Waals surface area contributed by atoms with Crippen molar-refractivity contribution < 1.29 is 14.3 Å². The number of esters is 1. The summed E-state index contributed by atoms with van der Waals surface area (Å²) in [5.74, 6) is 1.10. The number of aromatic nitrogens is 3. The third-order valence-electron chi connectivity index (χ3n) is 9.56. The summed E-state index contributed by atoms with van der Waals surface area (Å²) in [6.07, 6.45) is 14.8. The van der Waals surface area contributed by atoms with Gasteiger partial charge in [0.15, 0.2) is 0 Å². The smallest absolute Gasteiger partial charge is 0.308 e. The number of nitrogens with zero attached hydrogens (tertiary/aromatic N) is 4. The van der Waals surface area contributed by atoms with Gasteiger partial charge in [0.05, 0.1) is 30.5 Å². The van der Waals surface area contributed by atoms with Crippen LogP contribution in [0.15, 0.2) is 30.5 Å². The van der Waals surface area contributed by atoms with Gasteiger partial charge in [-0.2, -0.15) is 5.10 Å². The van der Waals surface area contributed by atoms with Crippen molar-refractivity contribution in [3.05, 3.63) is 35.5 Å². The van der Waals surface area contributed by atoms with Crippen LogP contribution in [0.25, 0.3) is 16.2 Å². The van der Waals surface area contributed by atoms with E-state index in [0.29, 0.717) is 5.92 Å². The molecule has 38 heavy (non-hydrogen) atoms.